The molecule has 1 aromatic heterocycles. The van der Waals surface area contributed by atoms with E-state index < -0.39 is 0 Å². The van der Waals surface area contributed by atoms with Crippen LogP contribution in [0.2, 0.25) is 0 Å². The second-order valence-corrected chi connectivity index (χ2v) is 6.08. The lowest BCUT2D eigenvalue weighted by Crippen LogP contribution is -2.23. The van der Waals surface area contributed by atoms with E-state index >= 15 is 0 Å². The Labute approximate surface area is 151 Å². The molecule has 0 fully saturated rings. The average Bonchev–Trinajstić information content (AvgIpc) is 3.12. The van der Waals surface area contributed by atoms with E-state index in [1.807, 2.05) is 6.92 Å². The second-order valence-electron chi connectivity index (χ2n) is 6.08. The molecule has 0 unspecified atom stereocenters. The minimum absolute atomic E-state index is 0.222. The molecule has 0 aliphatic rings. The summed E-state index contributed by atoms with van der Waals surface area (Å²) in [6.07, 6.45) is 0. The molecule has 2 N–H and O–H groups in total. The zero-order chi connectivity index (χ0) is 18.4. The van der Waals surface area contributed by atoms with Crippen LogP contribution in [-0.4, -0.2) is 11.1 Å². The Morgan fingerprint density at radius 1 is 1.00 bits per heavy atom. The molecule has 0 bridgehead atoms. The van der Waals surface area contributed by atoms with Crippen LogP contribution < -0.4 is 10.6 Å². The van der Waals surface area contributed by atoms with Crippen molar-refractivity contribution in [2.24, 2.45) is 0 Å². The predicted molar refractivity (Wildman–Crippen MR) is 95.8 cm³/mol. The van der Waals surface area contributed by atoms with Crippen molar-refractivity contribution in [3.63, 3.8) is 0 Å². The Bertz CT molecular complexity index is 858. The Balaban J connectivity index is 1.46. The molecule has 1 heterocycles. The van der Waals surface area contributed by atoms with Crippen molar-refractivity contribution in [2.45, 2.75) is 26.6 Å². The number of halogens is 1. The lowest BCUT2D eigenvalue weighted by atomic mass is 10.1. The van der Waals surface area contributed by atoms with Crippen LogP contribution >= 0.6 is 0 Å². The molecule has 0 radical (unpaired) electrons. The van der Waals surface area contributed by atoms with E-state index in [1.54, 1.807) is 18.2 Å². The van der Waals surface area contributed by atoms with Gasteiger partial charge in [0.15, 0.2) is 11.5 Å². The molecule has 3 aromatic rings. The number of carbonyl (C=O) groups is 1. The van der Waals surface area contributed by atoms with E-state index in [2.05, 4.69) is 40.1 Å². The normalized spacial score (nSPS) is 10.7. The van der Waals surface area contributed by atoms with Crippen LogP contribution in [0, 0.1) is 12.7 Å². The summed E-state index contributed by atoms with van der Waals surface area (Å²) in [5.74, 6) is -0.0498. The fraction of sp³-hybridized carbons (Fsp3) is 0.200. The number of aromatic nitrogens is 1. The Hall–Kier alpha value is -2.99. The van der Waals surface area contributed by atoms with Gasteiger partial charge in [-0.15, -0.1) is 0 Å². The maximum Gasteiger partial charge on any atom is 0.273 e. The molecule has 5 nitrogen and oxygen atoms in total. The topological polar surface area (TPSA) is 67.2 Å². The second kappa shape index (κ2) is 8.40. The highest BCUT2D eigenvalue weighted by Crippen LogP contribution is 2.07. The number of rotatable bonds is 7. The van der Waals surface area contributed by atoms with Gasteiger partial charge in [0.2, 0.25) is 0 Å². The highest BCUT2D eigenvalue weighted by Gasteiger charge is 2.12. The monoisotopic (exact) mass is 353 g/mol. The lowest BCUT2D eigenvalue weighted by molar-refractivity contribution is 0.0941. The summed E-state index contributed by atoms with van der Waals surface area (Å²) in [7, 11) is 0. The number of benzene rings is 2. The molecular weight excluding hydrogens is 333 g/mol. The molecule has 3 rings (SSSR count). The number of hydrogen-bond acceptors (Lipinski definition) is 4. The van der Waals surface area contributed by atoms with Crippen LogP contribution in [0.3, 0.4) is 0 Å². The molecule has 0 atom stereocenters. The summed E-state index contributed by atoms with van der Waals surface area (Å²) in [6.45, 7) is 3.53. The van der Waals surface area contributed by atoms with E-state index in [9.17, 15) is 9.18 Å². The molecule has 2 aromatic carbocycles. The van der Waals surface area contributed by atoms with E-state index in [4.69, 9.17) is 4.52 Å². The first-order valence-electron chi connectivity index (χ1n) is 8.34. The molecule has 134 valence electrons. The maximum absolute atomic E-state index is 12.9. The van der Waals surface area contributed by atoms with E-state index in [0.29, 0.717) is 25.4 Å². The van der Waals surface area contributed by atoms with Gasteiger partial charge in [-0.25, -0.2) is 4.39 Å². The first-order chi connectivity index (χ1) is 12.6. The molecular formula is C20H20FN3O2. The number of carbonyl (C=O) groups excluding carboxylic acids is 1. The summed E-state index contributed by atoms with van der Waals surface area (Å²) in [5, 5.41) is 9.78. The third-order valence-corrected chi connectivity index (χ3v) is 3.91. The third kappa shape index (κ3) is 5.00. The summed E-state index contributed by atoms with van der Waals surface area (Å²) in [4.78, 5) is 12.1. The van der Waals surface area contributed by atoms with E-state index in [1.165, 1.54) is 23.3 Å². The molecule has 26 heavy (non-hydrogen) atoms. The Kier molecular flexibility index (Phi) is 5.76. The van der Waals surface area contributed by atoms with E-state index in [-0.39, 0.29) is 17.4 Å². The average molecular weight is 353 g/mol. The van der Waals surface area contributed by atoms with Gasteiger partial charge in [0.05, 0.1) is 6.54 Å². The number of hydrogen-bond donors (Lipinski definition) is 2. The summed E-state index contributed by atoms with van der Waals surface area (Å²) in [6, 6.07) is 15.8. The molecule has 6 heteroatoms. The Morgan fingerprint density at radius 2 is 1.65 bits per heavy atom. The summed E-state index contributed by atoms with van der Waals surface area (Å²) < 4.78 is 18.1. The first-order valence-corrected chi connectivity index (χ1v) is 8.34. The molecule has 0 saturated heterocycles. The van der Waals surface area contributed by atoms with Crippen LogP contribution in [0.1, 0.15) is 32.9 Å². The van der Waals surface area contributed by atoms with Crippen molar-refractivity contribution in [2.75, 3.05) is 0 Å². The van der Waals surface area contributed by atoms with Crippen molar-refractivity contribution in [1.82, 2.24) is 15.8 Å². The largest absolute Gasteiger partial charge is 0.359 e. The van der Waals surface area contributed by atoms with Gasteiger partial charge in [-0.2, -0.15) is 0 Å². The molecule has 0 aliphatic heterocycles. The Morgan fingerprint density at radius 3 is 2.38 bits per heavy atom. The van der Waals surface area contributed by atoms with Gasteiger partial charge in [-0.1, -0.05) is 47.1 Å². The summed E-state index contributed by atoms with van der Waals surface area (Å²) >= 11 is 0. The van der Waals surface area contributed by atoms with Gasteiger partial charge in [0.1, 0.15) is 5.82 Å². The number of amides is 1. The maximum atomic E-state index is 12.9. The van der Waals surface area contributed by atoms with Crippen molar-refractivity contribution >= 4 is 5.91 Å². The van der Waals surface area contributed by atoms with Crippen molar-refractivity contribution < 1.29 is 13.7 Å². The van der Waals surface area contributed by atoms with Crippen LogP contribution in [0.25, 0.3) is 0 Å². The van der Waals surface area contributed by atoms with Gasteiger partial charge in [-0.3, -0.25) is 4.79 Å². The van der Waals surface area contributed by atoms with Crippen molar-refractivity contribution in [1.29, 1.82) is 0 Å². The molecule has 0 spiro atoms. The van der Waals surface area contributed by atoms with E-state index in [0.717, 1.165) is 5.56 Å². The van der Waals surface area contributed by atoms with Gasteiger partial charge in [0.25, 0.3) is 5.91 Å². The summed E-state index contributed by atoms with van der Waals surface area (Å²) in [5.41, 5.74) is 3.43. The molecule has 0 aliphatic carbocycles. The van der Waals surface area contributed by atoms with Crippen LogP contribution in [-0.2, 0) is 19.6 Å². The minimum atomic E-state index is -0.331. The zero-order valence-electron chi connectivity index (χ0n) is 14.5. The molecule has 0 saturated carbocycles. The van der Waals surface area contributed by atoms with Crippen LogP contribution in [0.4, 0.5) is 4.39 Å². The quantitative estimate of drug-likeness (QED) is 0.684. The number of aryl methyl sites for hydroxylation is 1. The smallest absolute Gasteiger partial charge is 0.273 e. The van der Waals surface area contributed by atoms with Gasteiger partial charge >= 0.3 is 0 Å². The fourth-order valence-electron chi connectivity index (χ4n) is 2.41. The first kappa shape index (κ1) is 17.8. The highest BCUT2D eigenvalue weighted by atomic mass is 19.1. The zero-order valence-corrected chi connectivity index (χ0v) is 14.5. The highest BCUT2D eigenvalue weighted by molar-refractivity contribution is 5.92. The molecule has 1 amide bonds. The third-order valence-electron chi connectivity index (χ3n) is 3.91. The van der Waals surface area contributed by atoms with Gasteiger partial charge in [-0.05, 0) is 30.2 Å². The SMILES string of the molecule is Cc1ccc(CNCc2cc(C(=O)NCc3ccc(F)cc3)no2)cc1. The standard InChI is InChI=1S/C20H20FN3O2/c1-14-2-4-15(5-3-14)11-22-13-18-10-19(24-26-18)20(25)23-12-16-6-8-17(21)9-7-16/h2-10,22H,11-13H2,1H3,(H,23,25). The fourth-order valence-corrected chi connectivity index (χ4v) is 2.41. The van der Waals surface area contributed by atoms with Crippen LogP contribution in [0.5, 0.6) is 0 Å². The lowest BCUT2D eigenvalue weighted by Gasteiger charge is -2.03. The van der Waals surface area contributed by atoms with Crippen molar-refractivity contribution in [3.8, 4) is 0 Å². The predicted octanol–water partition coefficient (Wildman–Crippen LogP) is 3.34. The van der Waals surface area contributed by atoms with Gasteiger partial charge in [0, 0.05) is 19.2 Å². The van der Waals surface area contributed by atoms with Crippen molar-refractivity contribution in [3.05, 3.63) is 88.6 Å². The van der Waals surface area contributed by atoms with Gasteiger partial charge < -0.3 is 15.2 Å². The number of nitrogens with zero attached hydrogens (tertiary/aromatic N) is 1. The minimum Gasteiger partial charge on any atom is -0.359 e. The number of nitrogens with one attached hydrogen (secondary N) is 2. The van der Waals surface area contributed by atoms with Crippen LogP contribution in [0.15, 0.2) is 59.1 Å².